The molecule has 9 nitrogen and oxygen atoms in total. The van der Waals surface area contributed by atoms with Gasteiger partial charge in [0.05, 0.1) is 22.6 Å². The van der Waals surface area contributed by atoms with Gasteiger partial charge in [-0.3, -0.25) is 9.97 Å². The van der Waals surface area contributed by atoms with Gasteiger partial charge in [0.1, 0.15) is 4.60 Å². The minimum absolute atomic E-state index is 0.341. The molecule has 3 aliphatic rings. The fourth-order valence-electron chi connectivity index (χ4n) is 5.15. The van der Waals surface area contributed by atoms with Gasteiger partial charge in [-0.25, -0.2) is 4.98 Å². The quantitative estimate of drug-likeness (QED) is 0.229. The first-order valence-electron chi connectivity index (χ1n) is 16.1. The Morgan fingerprint density at radius 2 is 1.15 bits per heavy atom. The van der Waals surface area contributed by atoms with E-state index in [0.717, 1.165) is 69.4 Å². The number of nitrogens with zero attached hydrogens (tertiary/aromatic N) is 5. The molecular weight excluding hydrogens is 803 g/mol. The summed E-state index contributed by atoms with van der Waals surface area (Å²) in [4.78, 5) is 17.0. The number of pyridine rings is 3. The summed E-state index contributed by atoms with van der Waals surface area (Å²) >= 11 is 9.85. The highest BCUT2D eigenvalue weighted by atomic mass is 79.9. The van der Waals surface area contributed by atoms with E-state index in [0.29, 0.717) is 0 Å². The first-order valence-corrected chi connectivity index (χ1v) is 18.5. The third-order valence-electron chi connectivity index (χ3n) is 8.93. The predicted molar refractivity (Wildman–Crippen MR) is 208 cm³/mol. The van der Waals surface area contributed by atoms with Crippen molar-refractivity contribution in [2.45, 2.75) is 65.4 Å². The molecular formula is C33H43B3Br3N5O4. The summed E-state index contributed by atoms with van der Waals surface area (Å²) in [6.45, 7) is 15.1. The Hall–Kier alpha value is -1.68. The van der Waals surface area contributed by atoms with Crippen molar-refractivity contribution in [3.8, 4) is 0 Å². The standard InChI is InChI=1S/C17H26B2N2O3.C11H14BBrN2O.C5H3Br2N/c1-16(2)17(3,4)24-19(23-16)14-6-7-15(20-12-14)13-8-10-21(11-9-13)18(5)22;1-12(16)15-6-4-9(5-7-15)11-3-2-10(13)8-14-11;6-4-1-2-5(7)8-3-4/h6-8,12,22H,9-11H2,1-5H3;2-4,8,16H,5-7H2,1H3;1-3H. The highest BCUT2D eigenvalue weighted by Crippen LogP contribution is 2.36. The summed E-state index contributed by atoms with van der Waals surface area (Å²) in [6, 6.07) is 11.9. The Bertz CT molecular complexity index is 1510. The molecule has 0 spiro atoms. The Morgan fingerprint density at radius 1 is 0.688 bits per heavy atom. The lowest BCUT2D eigenvalue weighted by molar-refractivity contribution is 0.00578. The minimum atomic E-state index is -0.401. The van der Waals surface area contributed by atoms with Gasteiger partial charge in [0.15, 0.2) is 0 Å². The molecule has 3 aromatic rings. The number of halogens is 3. The third-order valence-corrected chi connectivity index (χ3v) is 10.3. The molecule has 0 atom stereocenters. The molecule has 15 heteroatoms. The van der Waals surface area contributed by atoms with Crippen molar-refractivity contribution in [3.05, 3.63) is 92.1 Å². The average Bonchev–Trinajstić information content (AvgIpc) is 3.29. The smallest absolute Gasteiger partial charge is 0.437 e. The van der Waals surface area contributed by atoms with Crippen LogP contribution in [-0.4, -0.2) is 93.2 Å². The van der Waals surface area contributed by atoms with Crippen molar-refractivity contribution < 1.29 is 19.4 Å². The maximum atomic E-state index is 9.63. The van der Waals surface area contributed by atoms with E-state index in [1.54, 1.807) is 19.8 Å². The fraction of sp³-hybridized carbons (Fsp3) is 0.424. The zero-order chi connectivity index (χ0) is 35.1. The maximum absolute atomic E-state index is 9.63. The average molecular weight is 846 g/mol. The Kier molecular flexibility index (Phi) is 14.3. The molecule has 1 fully saturated rings. The van der Waals surface area contributed by atoms with Crippen LogP contribution in [0.25, 0.3) is 11.1 Å². The monoisotopic (exact) mass is 843 g/mol. The van der Waals surface area contributed by atoms with E-state index in [2.05, 4.69) is 103 Å². The molecule has 3 aromatic heterocycles. The van der Waals surface area contributed by atoms with Crippen molar-refractivity contribution in [1.29, 1.82) is 0 Å². The van der Waals surface area contributed by atoms with E-state index in [1.807, 2.05) is 58.4 Å². The zero-order valence-corrected chi connectivity index (χ0v) is 33.2. The van der Waals surface area contributed by atoms with Crippen molar-refractivity contribution in [3.63, 3.8) is 0 Å². The molecule has 0 radical (unpaired) electrons. The molecule has 0 aromatic carbocycles. The van der Waals surface area contributed by atoms with E-state index in [4.69, 9.17) is 9.31 Å². The van der Waals surface area contributed by atoms with Gasteiger partial charge in [-0.1, -0.05) is 18.2 Å². The molecule has 0 unspecified atom stereocenters. The van der Waals surface area contributed by atoms with Gasteiger partial charge in [0, 0.05) is 46.1 Å². The van der Waals surface area contributed by atoms with Crippen LogP contribution in [0.15, 0.2) is 80.7 Å². The van der Waals surface area contributed by atoms with Gasteiger partial charge in [0.25, 0.3) is 0 Å². The van der Waals surface area contributed by atoms with Gasteiger partial charge in [-0.05, 0) is 157 Å². The van der Waals surface area contributed by atoms with E-state index in [-0.39, 0.29) is 25.4 Å². The molecule has 0 saturated carbocycles. The molecule has 254 valence electrons. The minimum Gasteiger partial charge on any atom is -0.437 e. The van der Waals surface area contributed by atoms with E-state index in [9.17, 15) is 10.0 Å². The Morgan fingerprint density at radius 3 is 1.48 bits per heavy atom. The van der Waals surface area contributed by atoms with Crippen LogP contribution in [-0.2, 0) is 9.31 Å². The van der Waals surface area contributed by atoms with Crippen molar-refractivity contribution in [1.82, 2.24) is 24.6 Å². The summed E-state index contributed by atoms with van der Waals surface area (Å²) in [7, 11) is -1.14. The van der Waals surface area contributed by atoms with Crippen LogP contribution in [0, 0.1) is 0 Å². The predicted octanol–water partition coefficient (Wildman–Crippen LogP) is 6.23. The lowest BCUT2D eigenvalue weighted by Gasteiger charge is -2.32. The van der Waals surface area contributed by atoms with E-state index < -0.39 is 7.05 Å². The number of aromatic nitrogens is 3. The second-order valence-corrected chi connectivity index (χ2v) is 15.6. The lowest BCUT2D eigenvalue weighted by Crippen LogP contribution is -2.41. The Balaban J connectivity index is 0.000000185. The van der Waals surface area contributed by atoms with Gasteiger partial charge >= 0.3 is 21.2 Å². The molecule has 0 aliphatic carbocycles. The molecule has 0 bridgehead atoms. The second kappa shape index (κ2) is 17.5. The number of hydrogen-bond acceptors (Lipinski definition) is 9. The summed E-state index contributed by atoms with van der Waals surface area (Å²) in [6.07, 6.45) is 11.5. The van der Waals surface area contributed by atoms with Crippen LogP contribution >= 0.6 is 47.8 Å². The maximum Gasteiger partial charge on any atom is 0.496 e. The first kappa shape index (κ1) is 39.1. The lowest BCUT2D eigenvalue weighted by atomic mass is 9.80. The van der Waals surface area contributed by atoms with Crippen LogP contribution in [0.5, 0.6) is 0 Å². The van der Waals surface area contributed by atoms with Crippen LogP contribution in [0.1, 0.15) is 51.9 Å². The molecule has 6 heterocycles. The van der Waals surface area contributed by atoms with Gasteiger partial charge in [-0.15, -0.1) is 0 Å². The van der Waals surface area contributed by atoms with Crippen LogP contribution < -0.4 is 5.46 Å². The molecule has 48 heavy (non-hydrogen) atoms. The Labute approximate surface area is 311 Å². The van der Waals surface area contributed by atoms with Crippen molar-refractivity contribution >= 4 is 85.6 Å². The fourth-order valence-corrected chi connectivity index (χ4v) is 5.85. The largest absolute Gasteiger partial charge is 0.496 e. The van der Waals surface area contributed by atoms with Gasteiger partial charge < -0.3 is 29.0 Å². The normalized spacial score (nSPS) is 18.9. The molecule has 2 N–H and O–H groups in total. The SMILES string of the molecule is Brc1ccc(Br)nc1.CB(O)N1CC=C(c2ccc(B3OC(C)(C)C(C)(C)O3)cn2)CC1.CB(O)N1CC=C(c2ccc(Br)cn2)CC1. The topological polar surface area (TPSA) is 104 Å². The third kappa shape index (κ3) is 10.9. The van der Waals surface area contributed by atoms with Crippen molar-refractivity contribution in [2.75, 3.05) is 26.2 Å². The number of rotatable bonds is 5. The summed E-state index contributed by atoms with van der Waals surface area (Å²) in [5, 5.41) is 19.1. The molecule has 3 aliphatic heterocycles. The van der Waals surface area contributed by atoms with Crippen LogP contribution in [0.4, 0.5) is 0 Å². The molecule has 1 saturated heterocycles. The summed E-state index contributed by atoms with van der Waals surface area (Å²) in [5.41, 5.74) is 4.78. The molecule has 0 amide bonds. The first-order chi connectivity index (χ1) is 22.6. The van der Waals surface area contributed by atoms with Gasteiger partial charge in [-0.2, -0.15) is 0 Å². The van der Waals surface area contributed by atoms with Crippen LogP contribution in [0.2, 0.25) is 13.6 Å². The van der Waals surface area contributed by atoms with E-state index >= 15 is 0 Å². The molecule has 6 rings (SSSR count). The zero-order valence-electron chi connectivity index (χ0n) is 28.4. The van der Waals surface area contributed by atoms with Crippen LogP contribution in [0.3, 0.4) is 0 Å². The second-order valence-electron chi connectivity index (χ2n) is 12.9. The summed E-state index contributed by atoms with van der Waals surface area (Å²) in [5.74, 6) is 0. The highest BCUT2D eigenvalue weighted by Gasteiger charge is 2.51. The van der Waals surface area contributed by atoms with Crippen molar-refractivity contribution in [2.24, 2.45) is 0 Å². The van der Waals surface area contributed by atoms with Gasteiger partial charge in [0.2, 0.25) is 0 Å². The highest BCUT2D eigenvalue weighted by molar-refractivity contribution is 9.11. The summed E-state index contributed by atoms with van der Waals surface area (Å²) < 4.78 is 15.0. The number of hydrogen-bond donors (Lipinski definition) is 2. The van der Waals surface area contributed by atoms with E-state index in [1.165, 1.54) is 11.1 Å².